The summed E-state index contributed by atoms with van der Waals surface area (Å²) in [7, 11) is 4.99. The van der Waals surface area contributed by atoms with E-state index >= 15 is 0 Å². The number of ether oxygens (including phenoxy) is 2. The Morgan fingerprint density at radius 3 is 2.61 bits per heavy atom. The normalized spacial score (nSPS) is 13.4. The molecule has 1 N–H and O–H groups in total. The van der Waals surface area contributed by atoms with Gasteiger partial charge in [-0.25, -0.2) is 0 Å². The summed E-state index contributed by atoms with van der Waals surface area (Å²) in [5, 5.41) is 2.90. The minimum atomic E-state index is -0.151. The molecule has 7 heteroatoms. The molecule has 1 aliphatic heterocycles. The van der Waals surface area contributed by atoms with Crippen LogP contribution in [0.5, 0.6) is 11.5 Å². The van der Waals surface area contributed by atoms with E-state index in [1.165, 1.54) is 0 Å². The topological polar surface area (TPSA) is 71.1 Å². The van der Waals surface area contributed by atoms with Crippen molar-refractivity contribution in [2.45, 2.75) is 12.8 Å². The fourth-order valence-electron chi connectivity index (χ4n) is 3.24. The number of hydrogen-bond acceptors (Lipinski definition) is 5. The molecule has 2 amide bonds. The monoisotopic (exact) mass is 383 g/mol. The summed E-state index contributed by atoms with van der Waals surface area (Å²) < 4.78 is 10.6. The summed E-state index contributed by atoms with van der Waals surface area (Å²) in [5.74, 6) is 1.21. The van der Waals surface area contributed by atoms with Crippen LogP contribution in [-0.2, 0) is 9.59 Å². The molecular weight excluding hydrogens is 358 g/mol. The third kappa shape index (κ3) is 4.36. The number of nitrogens with one attached hydrogen (secondary N) is 1. The average Bonchev–Trinajstić information content (AvgIpc) is 3.13. The number of hydrogen-bond donors (Lipinski definition) is 1. The van der Waals surface area contributed by atoms with E-state index < -0.39 is 0 Å². The zero-order valence-corrected chi connectivity index (χ0v) is 16.4. The number of carbonyl (C=O) groups is 2. The molecule has 0 atom stereocenters. The summed E-state index contributed by atoms with van der Waals surface area (Å²) >= 11 is 0. The Balaban J connectivity index is 1.65. The van der Waals surface area contributed by atoms with Gasteiger partial charge >= 0.3 is 0 Å². The van der Waals surface area contributed by atoms with Crippen molar-refractivity contribution >= 4 is 28.9 Å². The van der Waals surface area contributed by atoms with E-state index in [0.29, 0.717) is 23.6 Å². The quantitative estimate of drug-likeness (QED) is 0.796. The summed E-state index contributed by atoms with van der Waals surface area (Å²) in [6.07, 6.45) is 1.44. The van der Waals surface area contributed by atoms with Crippen molar-refractivity contribution < 1.29 is 19.1 Å². The Labute approximate surface area is 164 Å². The zero-order valence-electron chi connectivity index (χ0n) is 16.4. The van der Waals surface area contributed by atoms with Gasteiger partial charge in [0.05, 0.1) is 20.8 Å². The van der Waals surface area contributed by atoms with E-state index in [1.54, 1.807) is 25.2 Å². The number of methoxy groups -OCH3 is 2. The largest absolute Gasteiger partial charge is 0.493 e. The van der Waals surface area contributed by atoms with Gasteiger partial charge in [0, 0.05) is 43.1 Å². The van der Waals surface area contributed by atoms with E-state index in [1.807, 2.05) is 48.3 Å². The van der Waals surface area contributed by atoms with Crippen molar-refractivity contribution in [3.63, 3.8) is 0 Å². The standard InChI is InChI=1S/C21H25N3O4/c1-23(16-9-10-18(27-2)19(13-16)28-3)14-20(25)22-15-6-4-7-17(12-15)24-11-5-8-21(24)26/h4,6-7,9-10,12-13H,5,8,11,14H2,1-3H3,(H,22,25). The van der Waals surface area contributed by atoms with Gasteiger partial charge in [0.15, 0.2) is 11.5 Å². The van der Waals surface area contributed by atoms with Crippen molar-refractivity contribution in [1.29, 1.82) is 0 Å². The Bertz CT molecular complexity index is 868. The molecule has 3 rings (SSSR count). The number of likely N-dealkylation sites (N-methyl/N-ethyl adjacent to an activating group) is 1. The van der Waals surface area contributed by atoms with Crippen molar-refractivity contribution in [1.82, 2.24) is 0 Å². The Morgan fingerprint density at radius 2 is 1.93 bits per heavy atom. The van der Waals surface area contributed by atoms with E-state index in [9.17, 15) is 9.59 Å². The number of benzene rings is 2. The number of carbonyl (C=O) groups excluding carboxylic acids is 2. The molecule has 0 saturated carbocycles. The van der Waals surface area contributed by atoms with Crippen LogP contribution in [0.4, 0.5) is 17.1 Å². The van der Waals surface area contributed by atoms with Gasteiger partial charge in [0.1, 0.15) is 0 Å². The molecular formula is C21H25N3O4. The van der Waals surface area contributed by atoms with Gasteiger partial charge in [0.2, 0.25) is 11.8 Å². The highest BCUT2D eigenvalue weighted by molar-refractivity contribution is 5.97. The molecule has 2 aromatic carbocycles. The summed E-state index contributed by atoms with van der Waals surface area (Å²) in [6, 6.07) is 12.9. The van der Waals surface area contributed by atoms with Gasteiger partial charge in [-0.05, 0) is 36.8 Å². The lowest BCUT2D eigenvalue weighted by Crippen LogP contribution is -2.30. The van der Waals surface area contributed by atoms with E-state index in [4.69, 9.17) is 9.47 Å². The molecule has 148 valence electrons. The van der Waals surface area contributed by atoms with E-state index in [0.717, 1.165) is 24.3 Å². The molecule has 0 spiro atoms. The lowest BCUT2D eigenvalue weighted by Gasteiger charge is -2.21. The molecule has 7 nitrogen and oxygen atoms in total. The number of rotatable bonds is 7. The average molecular weight is 383 g/mol. The second-order valence-electron chi connectivity index (χ2n) is 6.64. The second kappa shape index (κ2) is 8.65. The van der Waals surface area contributed by atoms with Crippen molar-refractivity contribution in [3.05, 3.63) is 42.5 Å². The first kappa shape index (κ1) is 19.5. The fraction of sp³-hybridized carbons (Fsp3) is 0.333. The van der Waals surface area contributed by atoms with E-state index in [-0.39, 0.29) is 18.4 Å². The lowest BCUT2D eigenvalue weighted by atomic mass is 10.2. The van der Waals surface area contributed by atoms with Gasteiger partial charge < -0.3 is 24.6 Å². The maximum atomic E-state index is 12.5. The SMILES string of the molecule is COc1ccc(N(C)CC(=O)Nc2cccc(N3CCCC3=O)c2)cc1OC. The molecule has 1 fully saturated rings. The smallest absolute Gasteiger partial charge is 0.243 e. The molecule has 1 saturated heterocycles. The summed E-state index contributed by atoms with van der Waals surface area (Å²) in [5.41, 5.74) is 2.32. The maximum Gasteiger partial charge on any atom is 0.243 e. The molecule has 0 radical (unpaired) electrons. The van der Waals surface area contributed by atoms with E-state index in [2.05, 4.69) is 5.32 Å². The molecule has 0 aliphatic carbocycles. The minimum Gasteiger partial charge on any atom is -0.493 e. The third-order valence-electron chi connectivity index (χ3n) is 4.70. The van der Waals surface area contributed by atoms with Crippen LogP contribution < -0.4 is 24.6 Å². The van der Waals surface area contributed by atoms with Gasteiger partial charge in [0.25, 0.3) is 0 Å². The summed E-state index contributed by atoms with van der Waals surface area (Å²) in [6.45, 7) is 0.890. The number of nitrogens with zero attached hydrogens (tertiary/aromatic N) is 2. The van der Waals surface area contributed by atoms with Crippen LogP contribution in [0.25, 0.3) is 0 Å². The van der Waals surface area contributed by atoms with Crippen LogP contribution in [0.2, 0.25) is 0 Å². The van der Waals surface area contributed by atoms with Crippen LogP contribution in [0.15, 0.2) is 42.5 Å². The van der Waals surface area contributed by atoms with Crippen molar-refractivity contribution in [2.75, 3.05) is 49.5 Å². The molecule has 0 bridgehead atoms. The number of anilines is 3. The van der Waals surface area contributed by atoms with Crippen LogP contribution in [0.1, 0.15) is 12.8 Å². The molecule has 2 aromatic rings. The zero-order chi connectivity index (χ0) is 20.1. The third-order valence-corrected chi connectivity index (χ3v) is 4.70. The van der Waals surface area contributed by atoms with Crippen LogP contribution in [0, 0.1) is 0 Å². The molecule has 0 aromatic heterocycles. The van der Waals surface area contributed by atoms with Crippen LogP contribution >= 0.6 is 0 Å². The molecule has 1 aliphatic rings. The summed E-state index contributed by atoms with van der Waals surface area (Å²) in [4.78, 5) is 28.0. The predicted molar refractivity (Wildman–Crippen MR) is 109 cm³/mol. The fourth-order valence-corrected chi connectivity index (χ4v) is 3.24. The molecule has 1 heterocycles. The van der Waals surface area contributed by atoms with Gasteiger partial charge in [-0.3, -0.25) is 9.59 Å². The van der Waals surface area contributed by atoms with Crippen molar-refractivity contribution in [2.24, 2.45) is 0 Å². The minimum absolute atomic E-state index is 0.122. The van der Waals surface area contributed by atoms with Gasteiger partial charge in [-0.2, -0.15) is 0 Å². The molecule has 28 heavy (non-hydrogen) atoms. The first-order valence-electron chi connectivity index (χ1n) is 9.15. The van der Waals surface area contributed by atoms with Crippen molar-refractivity contribution in [3.8, 4) is 11.5 Å². The molecule has 0 unspecified atom stereocenters. The highest BCUT2D eigenvalue weighted by atomic mass is 16.5. The first-order chi connectivity index (χ1) is 13.5. The lowest BCUT2D eigenvalue weighted by molar-refractivity contribution is -0.117. The predicted octanol–water partition coefficient (Wildman–Crippen LogP) is 2.91. The number of amides is 2. The highest BCUT2D eigenvalue weighted by Crippen LogP contribution is 2.31. The maximum absolute atomic E-state index is 12.5. The Morgan fingerprint density at radius 1 is 1.14 bits per heavy atom. The highest BCUT2D eigenvalue weighted by Gasteiger charge is 2.21. The van der Waals surface area contributed by atoms with Gasteiger partial charge in [-0.15, -0.1) is 0 Å². The van der Waals surface area contributed by atoms with Crippen LogP contribution in [0.3, 0.4) is 0 Å². The van der Waals surface area contributed by atoms with Gasteiger partial charge in [-0.1, -0.05) is 6.07 Å². The van der Waals surface area contributed by atoms with Crippen LogP contribution in [-0.4, -0.2) is 46.2 Å². The Kier molecular flexibility index (Phi) is 6.03. The second-order valence-corrected chi connectivity index (χ2v) is 6.64. The Hall–Kier alpha value is -3.22. The first-order valence-corrected chi connectivity index (χ1v) is 9.15.